The molecule has 10 N–H and O–H groups in total. The molecule has 2 aromatic heterocycles. The zero-order chi connectivity index (χ0) is 41.4. The maximum Gasteiger partial charge on any atom is 0.335 e. The van der Waals surface area contributed by atoms with Crippen LogP contribution in [0, 0.1) is 11.8 Å². The number of primary amides is 1. The third kappa shape index (κ3) is 9.48. The summed E-state index contributed by atoms with van der Waals surface area (Å²) in [6.45, 7) is 0.710. The monoisotopic (exact) mass is 796 g/mol. The zero-order valence-electron chi connectivity index (χ0n) is 31.8. The Labute approximate surface area is 333 Å². The van der Waals surface area contributed by atoms with E-state index in [0.717, 1.165) is 30.5 Å². The fraction of sp³-hybridized carbons (Fsp3) is 0.326. The van der Waals surface area contributed by atoms with Crippen molar-refractivity contribution in [1.29, 1.82) is 0 Å². The second-order valence-corrected chi connectivity index (χ2v) is 14.5. The molecule has 7 atom stereocenters. The Bertz CT molecular complexity index is 2240. The van der Waals surface area contributed by atoms with E-state index >= 15 is 0 Å². The van der Waals surface area contributed by atoms with Crippen molar-refractivity contribution in [1.82, 2.24) is 15.6 Å². The number of H-pyrrole nitrogens is 1. The Morgan fingerprint density at radius 2 is 1.81 bits per heavy atom. The number of aliphatic hydroxyl groups is 3. The highest BCUT2D eigenvalue weighted by Crippen LogP contribution is 2.34. The van der Waals surface area contributed by atoms with Crippen LogP contribution in [0.1, 0.15) is 34.5 Å². The molecule has 0 bridgehead atoms. The number of phenolic OH excluding ortho intramolecular Hbond substituents is 1. The van der Waals surface area contributed by atoms with Crippen LogP contribution in [0.25, 0.3) is 28.2 Å². The lowest BCUT2D eigenvalue weighted by molar-refractivity contribution is -0.311. The number of fused-ring (bicyclic) bond motifs is 1. The topological polar surface area (TPSA) is 250 Å². The van der Waals surface area contributed by atoms with Gasteiger partial charge in [-0.3, -0.25) is 9.59 Å². The Hall–Kier alpha value is -5.81. The predicted molar refractivity (Wildman–Crippen MR) is 215 cm³/mol. The number of phenols is 1. The molecule has 1 fully saturated rings. The number of allylic oxidation sites excluding steroid dienone is 1. The summed E-state index contributed by atoms with van der Waals surface area (Å²) in [4.78, 5) is 41.4. The summed E-state index contributed by atoms with van der Waals surface area (Å²) in [5, 5.41) is 60.4. The van der Waals surface area contributed by atoms with Gasteiger partial charge in [-0.1, -0.05) is 54.6 Å². The number of ether oxygens (including phenoxy) is 2. The van der Waals surface area contributed by atoms with Gasteiger partial charge in [-0.15, -0.1) is 0 Å². The van der Waals surface area contributed by atoms with Crippen molar-refractivity contribution in [3.05, 3.63) is 124 Å². The minimum Gasteiger partial charge on any atom is -0.508 e. The molecule has 0 saturated carbocycles. The SMILES string of the molecule is CNCC[C@H](C/C=C/c1ccccc1)[C@H](CNC[C@]1(O)[C@H](Oc2ccc3c(=O)c(-c4ccc(O)cc4)c(C(N)=O)oc3c2)O[C@H](C(=O)O)[C@@H](O)[C@@H]1O)Cc1cc[nH]c1. The van der Waals surface area contributed by atoms with Crippen LogP contribution in [0.15, 0.2) is 107 Å². The number of aromatic nitrogens is 1. The summed E-state index contributed by atoms with van der Waals surface area (Å²) < 4.78 is 17.5. The van der Waals surface area contributed by atoms with Gasteiger partial charge in [-0.25, -0.2) is 4.79 Å². The zero-order valence-corrected chi connectivity index (χ0v) is 31.8. The maximum absolute atomic E-state index is 13.7. The number of carbonyl (C=O) groups excluding carboxylic acids is 1. The largest absolute Gasteiger partial charge is 0.508 e. The van der Waals surface area contributed by atoms with E-state index in [1.165, 1.54) is 42.5 Å². The van der Waals surface area contributed by atoms with Crippen LogP contribution in [-0.4, -0.2) is 99.3 Å². The molecule has 15 heteroatoms. The third-order valence-corrected chi connectivity index (χ3v) is 10.5. The van der Waals surface area contributed by atoms with Gasteiger partial charge in [0.25, 0.3) is 5.91 Å². The molecular formula is C43H48N4O11. The smallest absolute Gasteiger partial charge is 0.335 e. The van der Waals surface area contributed by atoms with Crippen molar-refractivity contribution in [2.75, 3.05) is 26.7 Å². The first kappa shape index (κ1) is 41.8. The van der Waals surface area contributed by atoms with E-state index in [9.17, 15) is 39.9 Å². The summed E-state index contributed by atoms with van der Waals surface area (Å²) in [5.41, 5.74) is 4.76. The number of hydrogen-bond acceptors (Lipinski definition) is 12. The van der Waals surface area contributed by atoms with Crippen molar-refractivity contribution in [2.24, 2.45) is 17.6 Å². The second kappa shape index (κ2) is 18.6. The number of carbonyl (C=O) groups is 2. The number of hydrogen-bond donors (Lipinski definition) is 9. The molecule has 0 spiro atoms. The van der Waals surface area contributed by atoms with Gasteiger partial charge in [0, 0.05) is 25.0 Å². The number of aromatic amines is 1. The fourth-order valence-electron chi connectivity index (χ4n) is 7.36. The molecule has 1 aliphatic rings. The van der Waals surface area contributed by atoms with Crippen LogP contribution < -0.4 is 26.5 Å². The van der Waals surface area contributed by atoms with Crippen LogP contribution in [-0.2, 0) is 16.0 Å². The molecule has 58 heavy (non-hydrogen) atoms. The van der Waals surface area contributed by atoms with Gasteiger partial charge in [0.1, 0.15) is 29.3 Å². The molecule has 1 saturated heterocycles. The highest BCUT2D eigenvalue weighted by molar-refractivity contribution is 5.99. The Morgan fingerprint density at radius 1 is 1.05 bits per heavy atom. The van der Waals surface area contributed by atoms with Gasteiger partial charge < -0.3 is 60.8 Å². The van der Waals surface area contributed by atoms with Crippen LogP contribution in [0.5, 0.6) is 11.5 Å². The average molecular weight is 797 g/mol. The van der Waals surface area contributed by atoms with Crippen molar-refractivity contribution in [3.8, 4) is 22.6 Å². The normalized spacial score (nSPS) is 21.9. The fourth-order valence-corrected chi connectivity index (χ4v) is 7.36. The molecule has 6 rings (SSSR count). The summed E-state index contributed by atoms with van der Waals surface area (Å²) in [7, 11) is 1.89. The third-order valence-electron chi connectivity index (χ3n) is 10.5. The number of carboxylic acid groups (broad SMARTS) is 1. The van der Waals surface area contributed by atoms with E-state index in [1.54, 1.807) is 0 Å². The van der Waals surface area contributed by atoms with Gasteiger partial charge in [-0.05, 0) is 98.3 Å². The van der Waals surface area contributed by atoms with Gasteiger partial charge in [0.15, 0.2) is 11.7 Å². The quantitative estimate of drug-likeness (QED) is 0.0620. The molecule has 3 heterocycles. The van der Waals surface area contributed by atoms with Crippen molar-refractivity contribution < 1.29 is 49.0 Å². The molecular weight excluding hydrogens is 748 g/mol. The van der Waals surface area contributed by atoms with Crippen LogP contribution in [0.4, 0.5) is 0 Å². The summed E-state index contributed by atoms with van der Waals surface area (Å²) in [6.07, 6.45) is 2.33. The summed E-state index contributed by atoms with van der Waals surface area (Å²) in [5.74, 6) is -3.08. The van der Waals surface area contributed by atoms with Crippen LogP contribution >= 0.6 is 0 Å². The number of rotatable bonds is 18. The number of benzene rings is 3. The van der Waals surface area contributed by atoms with E-state index in [1.807, 2.05) is 55.8 Å². The predicted octanol–water partition coefficient (Wildman–Crippen LogP) is 3.01. The number of aromatic hydroxyl groups is 1. The standard InChI is InChI=1S/C43H48N4O11/c1-45-18-17-27(9-5-8-25-6-3-2-4-7-25)29(20-26-16-19-46-22-26)23-47-24-43(55)39(51)36(50)38(41(53)54)58-42(43)56-31-14-15-32-33(21-31)57-37(40(44)52)34(35(32)49)28-10-12-30(48)13-11-28/h2-8,10-16,19,21-22,27,29,36,38-39,42,45-48,50-51,55H,9,17-18,20,23-24H2,1H3,(H2,44,52)(H,53,54)/b8-5+/t27-,29-,36+,38-,39-,42+,43+/m0/s1. The van der Waals surface area contributed by atoms with Crippen molar-refractivity contribution >= 4 is 28.9 Å². The van der Waals surface area contributed by atoms with Gasteiger partial charge in [-0.2, -0.15) is 0 Å². The summed E-state index contributed by atoms with van der Waals surface area (Å²) >= 11 is 0. The van der Waals surface area contributed by atoms with Crippen molar-refractivity contribution in [2.45, 2.75) is 49.5 Å². The van der Waals surface area contributed by atoms with E-state index in [2.05, 4.69) is 27.8 Å². The van der Waals surface area contributed by atoms with E-state index in [-0.39, 0.29) is 45.4 Å². The lowest BCUT2D eigenvalue weighted by atomic mass is 9.82. The Kier molecular flexibility index (Phi) is 13.4. The Morgan fingerprint density at radius 3 is 2.48 bits per heavy atom. The summed E-state index contributed by atoms with van der Waals surface area (Å²) in [6, 6.07) is 21.4. The molecule has 5 aromatic rings. The highest BCUT2D eigenvalue weighted by atomic mass is 16.7. The number of amides is 1. The minimum atomic E-state index is -2.41. The first-order valence-electron chi connectivity index (χ1n) is 18.9. The lowest BCUT2D eigenvalue weighted by Crippen LogP contribution is -2.71. The van der Waals surface area contributed by atoms with Gasteiger partial charge >= 0.3 is 5.97 Å². The lowest BCUT2D eigenvalue weighted by Gasteiger charge is -2.47. The molecule has 15 nitrogen and oxygen atoms in total. The Balaban J connectivity index is 1.27. The number of nitrogens with one attached hydrogen (secondary N) is 3. The van der Waals surface area contributed by atoms with Gasteiger partial charge in [0.05, 0.1) is 10.9 Å². The van der Waals surface area contributed by atoms with E-state index in [0.29, 0.717) is 13.0 Å². The van der Waals surface area contributed by atoms with Crippen molar-refractivity contribution in [3.63, 3.8) is 0 Å². The second-order valence-electron chi connectivity index (χ2n) is 14.5. The molecule has 1 aliphatic heterocycles. The molecule has 0 radical (unpaired) electrons. The number of nitrogens with two attached hydrogens (primary N) is 1. The number of aliphatic carboxylic acids is 1. The first-order chi connectivity index (χ1) is 27.9. The molecule has 0 unspecified atom stereocenters. The minimum absolute atomic E-state index is 0.0141. The van der Waals surface area contributed by atoms with Gasteiger partial charge in [0.2, 0.25) is 17.5 Å². The average Bonchev–Trinajstić information content (AvgIpc) is 3.73. The van der Waals surface area contributed by atoms with Crippen LogP contribution in [0.3, 0.4) is 0 Å². The molecule has 1 amide bonds. The van der Waals surface area contributed by atoms with E-state index in [4.69, 9.17) is 19.6 Å². The highest BCUT2D eigenvalue weighted by Gasteiger charge is 2.58. The van der Waals surface area contributed by atoms with E-state index < -0.39 is 59.8 Å². The molecule has 306 valence electrons. The molecule has 3 aromatic carbocycles. The van der Waals surface area contributed by atoms with Crippen LogP contribution in [0.2, 0.25) is 0 Å². The maximum atomic E-state index is 13.7. The number of carboxylic acids is 1. The number of aliphatic hydroxyl groups excluding tert-OH is 2. The molecule has 0 aliphatic carbocycles. The first-order valence-corrected chi connectivity index (χ1v) is 18.9.